The first-order valence-corrected chi connectivity index (χ1v) is 6.82. The number of anilines is 1. The van der Waals surface area contributed by atoms with E-state index in [1.54, 1.807) is 0 Å². The summed E-state index contributed by atoms with van der Waals surface area (Å²) in [7, 11) is 1.23. The van der Waals surface area contributed by atoms with Crippen molar-refractivity contribution in [2.24, 2.45) is 0 Å². The molecule has 0 bridgehead atoms. The van der Waals surface area contributed by atoms with Gasteiger partial charge < -0.3 is 15.2 Å². The molecular formula is C14H18N2O5. The lowest BCUT2D eigenvalue weighted by atomic mass is 9.93. The van der Waals surface area contributed by atoms with Crippen LogP contribution in [0.4, 0.5) is 11.4 Å². The predicted molar refractivity (Wildman–Crippen MR) is 76.3 cm³/mol. The van der Waals surface area contributed by atoms with Crippen LogP contribution in [-0.2, 0) is 4.74 Å². The summed E-state index contributed by atoms with van der Waals surface area (Å²) >= 11 is 0. The van der Waals surface area contributed by atoms with Crippen molar-refractivity contribution in [1.82, 2.24) is 0 Å². The first-order chi connectivity index (χ1) is 10.0. The van der Waals surface area contributed by atoms with Gasteiger partial charge in [0.2, 0.25) is 0 Å². The Morgan fingerprint density at radius 3 is 2.86 bits per heavy atom. The zero-order valence-electron chi connectivity index (χ0n) is 11.7. The fourth-order valence-electron chi connectivity index (χ4n) is 2.56. The minimum Gasteiger partial charge on any atom is -0.465 e. The lowest BCUT2D eigenvalue weighted by Crippen LogP contribution is -2.30. The Kier molecular flexibility index (Phi) is 4.74. The number of nitrogens with one attached hydrogen (secondary N) is 1. The number of carbonyl (C=O) groups is 1. The number of hydrogen-bond donors (Lipinski definition) is 2. The smallest absolute Gasteiger partial charge is 0.338 e. The standard InChI is InChI=1S/C14H18N2O5/c1-21-14(18)9-5-6-12(13(7-9)16(19)20)15-10-3-2-4-11(17)8-10/h5-7,10-11,15,17H,2-4,8H2,1H3/t10-,11-/m0/s1. The van der Waals surface area contributed by atoms with Crippen LogP contribution in [-0.4, -0.2) is 35.3 Å². The molecule has 1 aromatic carbocycles. The third-order valence-corrected chi connectivity index (χ3v) is 3.62. The van der Waals surface area contributed by atoms with Gasteiger partial charge in [-0.05, 0) is 37.8 Å². The van der Waals surface area contributed by atoms with E-state index < -0.39 is 10.9 Å². The third-order valence-electron chi connectivity index (χ3n) is 3.62. The van der Waals surface area contributed by atoms with Crippen molar-refractivity contribution >= 4 is 17.3 Å². The Morgan fingerprint density at radius 1 is 1.48 bits per heavy atom. The van der Waals surface area contributed by atoms with Gasteiger partial charge in [-0.25, -0.2) is 4.79 Å². The monoisotopic (exact) mass is 294 g/mol. The van der Waals surface area contributed by atoms with Gasteiger partial charge in [0.15, 0.2) is 0 Å². The van der Waals surface area contributed by atoms with E-state index in [1.807, 2.05) is 0 Å². The van der Waals surface area contributed by atoms with E-state index in [9.17, 15) is 20.0 Å². The Balaban J connectivity index is 2.22. The van der Waals surface area contributed by atoms with Crippen LogP contribution in [0.2, 0.25) is 0 Å². The molecule has 7 nitrogen and oxygen atoms in total. The molecule has 2 N–H and O–H groups in total. The number of nitro benzene ring substituents is 1. The lowest BCUT2D eigenvalue weighted by molar-refractivity contribution is -0.384. The molecule has 0 radical (unpaired) electrons. The largest absolute Gasteiger partial charge is 0.465 e. The fourth-order valence-corrected chi connectivity index (χ4v) is 2.56. The Bertz CT molecular complexity index is 546. The number of aliphatic hydroxyl groups excluding tert-OH is 1. The summed E-state index contributed by atoms with van der Waals surface area (Å²) in [4.78, 5) is 22.1. The molecule has 0 heterocycles. The topological polar surface area (TPSA) is 102 Å². The van der Waals surface area contributed by atoms with Gasteiger partial charge in [0.05, 0.1) is 23.7 Å². The Hall–Kier alpha value is -2.15. The number of ether oxygens (including phenoxy) is 1. The SMILES string of the molecule is COC(=O)c1ccc(N[C@H]2CCC[C@H](O)C2)c([N+](=O)[O-])c1. The van der Waals surface area contributed by atoms with Gasteiger partial charge >= 0.3 is 5.97 Å². The van der Waals surface area contributed by atoms with Gasteiger partial charge in [-0.2, -0.15) is 0 Å². The third kappa shape index (κ3) is 3.69. The molecule has 7 heteroatoms. The van der Waals surface area contributed by atoms with Crippen molar-refractivity contribution in [2.45, 2.75) is 37.8 Å². The second kappa shape index (κ2) is 6.53. The predicted octanol–water partition coefficient (Wildman–Crippen LogP) is 2.10. The minimum atomic E-state index is -0.613. The number of nitro groups is 1. The van der Waals surface area contributed by atoms with Crippen LogP contribution >= 0.6 is 0 Å². The van der Waals surface area contributed by atoms with Crippen LogP contribution in [0, 0.1) is 10.1 Å². The highest BCUT2D eigenvalue weighted by atomic mass is 16.6. The first-order valence-electron chi connectivity index (χ1n) is 6.82. The summed E-state index contributed by atoms with van der Waals surface area (Å²) in [6, 6.07) is 4.19. The number of nitrogens with zero attached hydrogens (tertiary/aromatic N) is 1. The van der Waals surface area contributed by atoms with E-state index in [0.29, 0.717) is 12.1 Å². The zero-order chi connectivity index (χ0) is 15.4. The summed E-state index contributed by atoms with van der Waals surface area (Å²) in [6.07, 6.45) is 2.70. The Labute approximate surface area is 122 Å². The van der Waals surface area contributed by atoms with Crippen LogP contribution in [0.1, 0.15) is 36.0 Å². The summed E-state index contributed by atoms with van der Waals surface area (Å²) in [5.41, 5.74) is 0.322. The van der Waals surface area contributed by atoms with Crippen molar-refractivity contribution in [3.8, 4) is 0 Å². The molecule has 114 valence electrons. The average Bonchev–Trinajstić information content (AvgIpc) is 2.46. The fraction of sp³-hybridized carbons (Fsp3) is 0.500. The number of hydrogen-bond acceptors (Lipinski definition) is 6. The zero-order valence-corrected chi connectivity index (χ0v) is 11.7. The molecule has 2 rings (SSSR count). The highest BCUT2D eigenvalue weighted by Crippen LogP contribution is 2.29. The molecular weight excluding hydrogens is 276 g/mol. The van der Waals surface area contributed by atoms with Gasteiger partial charge in [-0.15, -0.1) is 0 Å². The van der Waals surface area contributed by atoms with Crippen LogP contribution in [0.15, 0.2) is 18.2 Å². The van der Waals surface area contributed by atoms with Crippen LogP contribution < -0.4 is 5.32 Å². The van der Waals surface area contributed by atoms with Crippen LogP contribution in [0.25, 0.3) is 0 Å². The number of methoxy groups -OCH3 is 1. The highest BCUT2D eigenvalue weighted by Gasteiger charge is 2.24. The first kappa shape index (κ1) is 15.2. The summed E-state index contributed by atoms with van der Waals surface area (Å²) in [6.45, 7) is 0. The van der Waals surface area contributed by atoms with Gasteiger partial charge in [0, 0.05) is 12.1 Å². The van der Waals surface area contributed by atoms with Gasteiger partial charge in [-0.3, -0.25) is 10.1 Å². The van der Waals surface area contributed by atoms with Crippen LogP contribution in [0.3, 0.4) is 0 Å². The number of carbonyl (C=O) groups excluding carboxylic acids is 1. The van der Waals surface area contributed by atoms with Crippen molar-refractivity contribution < 1.29 is 19.6 Å². The Morgan fingerprint density at radius 2 is 2.24 bits per heavy atom. The number of rotatable bonds is 4. The molecule has 2 atom stereocenters. The van der Waals surface area contributed by atoms with Gasteiger partial charge in [0.1, 0.15) is 5.69 Å². The number of benzene rings is 1. The summed E-state index contributed by atoms with van der Waals surface area (Å²) in [5.74, 6) is -0.613. The lowest BCUT2D eigenvalue weighted by Gasteiger charge is -2.27. The molecule has 1 aromatic rings. The van der Waals surface area contributed by atoms with Crippen molar-refractivity contribution in [3.05, 3.63) is 33.9 Å². The van der Waals surface area contributed by atoms with Gasteiger partial charge in [-0.1, -0.05) is 0 Å². The molecule has 1 aliphatic rings. The second-order valence-electron chi connectivity index (χ2n) is 5.14. The maximum Gasteiger partial charge on any atom is 0.338 e. The van der Waals surface area contributed by atoms with Crippen molar-refractivity contribution in [1.29, 1.82) is 0 Å². The molecule has 0 spiro atoms. The molecule has 0 unspecified atom stereocenters. The van der Waals surface area contributed by atoms with Gasteiger partial charge in [0.25, 0.3) is 5.69 Å². The summed E-state index contributed by atoms with van der Waals surface area (Å²) < 4.78 is 4.56. The number of aliphatic hydroxyl groups is 1. The molecule has 21 heavy (non-hydrogen) atoms. The van der Waals surface area contributed by atoms with E-state index in [0.717, 1.165) is 19.3 Å². The van der Waals surface area contributed by atoms with Crippen molar-refractivity contribution in [3.63, 3.8) is 0 Å². The molecule has 0 aromatic heterocycles. The molecule has 1 saturated carbocycles. The highest BCUT2D eigenvalue weighted by molar-refractivity contribution is 5.91. The molecule has 1 aliphatic carbocycles. The maximum atomic E-state index is 11.4. The molecule has 1 fully saturated rings. The average molecular weight is 294 g/mol. The van der Waals surface area contributed by atoms with E-state index in [-0.39, 0.29) is 23.4 Å². The van der Waals surface area contributed by atoms with Crippen LogP contribution in [0.5, 0.6) is 0 Å². The van der Waals surface area contributed by atoms with E-state index in [1.165, 1.54) is 25.3 Å². The van der Waals surface area contributed by atoms with E-state index in [4.69, 9.17) is 0 Å². The summed E-state index contributed by atoms with van der Waals surface area (Å²) in [5, 5.41) is 23.9. The molecule has 0 aliphatic heterocycles. The normalized spacial score (nSPS) is 21.6. The molecule has 0 amide bonds. The maximum absolute atomic E-state index is 11.4. The molecule has 0 saturated heterocycles. The van der Waals surface area contributed by atoms with Crippen molar-refractivity contribution in [2.75, 3.05) is 12.4 Å². The van der Waals surface area contributed by atoms with E-state index in [2.05, 4.69) is 10.1 Å². The quantitative estimate of drug-likeness (QED) is 0.501. The van der Waals surface area contributed by atoms with E-state index >= 15 is 0 Å². The minimum absolute atomic E-state index is 0.00331. The number of esters is 1. The second-order valence-corrected chi connectivity index (χ2v) is 5.14.